The molecule has 1 unspecified atom stereocenters. The minimum atomic E-state index is -2.88. The molecule has 2 heterocycles. The highest BCUT2D eigenvalue weighted by Gasteiger charge is 2.35. The van der Waals surface area contributed by atoms with Crippen LogP contribution >= 0.6 is 0 Å². The van der Waals surface area contributed by atoms with Gasteiger partial charge in [-0.25, -0.2) is 4.98 Å². The van der Waals surface area contributed by atoms with E-state index in [1.807, 2.05) is 10.8 Å². The van der Waals surface area contributed by atoms with E-state index in [1.54, 1.807) is 24.7 Å². The summed E-state index contributed by atoms with van der Waals surface area (Å²) in [7, 11) is 0. The van der Waals surface area contributed by atoms with Crippen molar-refractivity contribution in [3.63, 3.8) is 0 Å². The van der Waals surface area contributed by atoms with E-state index in [9.17, 15) is 18.4 Å². The number of halogens is 2. The first-order chi connectivity index (χ1) is 13.5. The zero-order valence-electron chi connectivity index (χ0n) is 15.3. The van der Waals surface area contributed by atoms with Crippen LogP contribution in [0.4, 0.5) is 8.78 Å². The van der Waals surface area contributed by atoms with E-state index in [-0.39, 0.29) is 24.1 Å². The van der Waals surface area contributed by atoms with Crippen molar-refractivity contribution in [3.8, 4) is 5.75 Å². The van der Waals surface area contributed by atoms with Crippen LogP contribution in [0.3, 0.4) is 0 Å². The molecule has 1 aromatic carbocycles. The van der Waals surface area contributed by atoms with Gasteiger partial charge in [-0.05, 0) is 30.5 Å². The Morgan fingerprint density at radius 2 is 2.11 bits per heavy atom. The van der Waals surface area contributed by atoms with Crippen molar-refractivity contribution in [2.24, 2.45) is 0 Å². The number of benzene rings is 1. The van der Waals surface area contributed by atoms with Crippen molar-refractivity contribution in [2.75, 3.05) is 6.54 Å². The van der Waals surface area contributed by atoms with Crippen molar-refractivity contribution in [1.82, 2.24) is 19.8 Å². The smallest absolute Gasteiger partial charge is 0.387 e. The summed E-state index contributed by atoms with van der Waals surface area (Å²) in [5.41, 5.74) is 0.745. The molecule has 1 atom stereocenters. The van der Waals surface area contributed by atoms with E-state index < -0.39 is 12.7 Å². The second-order valence-electron chi connectivity index (χ2n) is 6.54. The molecule has 3 rings (SSSR count). The number of nitrogens with one attached hydrogen (secondary N) is 1. The minimum absolute atomic E-state index is 0.0543. The van der Waals surface area contributed by atoms with Gasteiger partial charge in [0, 0.05) is 38.4 Å². The number of hydrogen-bond donors (Lipinski definition) is 1. The number of nitrogens with zero attached hydrogens (tertiary/aromatic N) is 3. The monoisotopic (exact) mass is 392 g/mol. The van der Waals surface area contributed by atoms with Crippen LogP contribution in [0.15, 0.2) is 43.0 Å². The Morgan fingerprint density at radius 3 is 2.79 bits per heavy atom. The minimum Gasteiger partial charge on any atom is -0.435 e. The molecule has 1 fully saturated rings. The summed E-state index contributed by atoms with van der Waals surface area (Å²) in [4.78, 5) is 30.2. The number of likely N-dealkylation sites (tertiary alicyclic amines) is 1. The number of carbonyl (C=O) groups excluding carboxylic acids is 2. The molecule has 28 heavy (non-hydrogen) atoms. The van der Waals surface area contributed by atoms with Crippen molar-refractivity contribution >= 4 is 11.8 Å². The SMILES string of the molecule is O=C(NCCCn1ccnc1)C1CCC(=O)N1Cc1ccc(OC(F)F)cc1. The Labute approximate surface area is 161 Å². The third-order valence-corrected chi connectivity index (χ3v) is 4.58. The van der Waals surface area contributed by atoms with Crippen molar-refractivity contribution < 1.29 is 23.1 Å². The van der Waals surface area contributed by atoms with Crippen LogP contribution in [0, 0.1) is 0 Å². The van der Waals surface area contributed by atoms with Crippen LogP contribution in [0.5, 0.6) is 5.75 Å². The molecule has 9 heteroatoms. The predicted molar refractivity (Wildman–Crippen MR) is 96.5 cm³/mol. The van der Waals surface area contributed by atoms with Gasteiger partial charge in [0.1, 0.15) is 11.8 Å². The lowest BCUT2D eigenvalue weighted by Gasteiger charge is -2.24. The van der Waals surface area contributed by atoms with E-state index >= 15 is 0 Å². The number of alkyl halides is 2. The predicted octanol–water partition coefficient (Wildman–Crippen LogP) is 2.18. The summed E-state index contributed by atoms with van der Waals surface area (Å²) in [6.45, 7) is -1.37. The maximum atomic E-state index is 12.5. The van der Waals surface area contributed by atoms with Gasteiger partial charge < -0.3 is 19.5 Å². The highest BCUT2D eigenvalue weighted by Crippen LogP contribution is 2.23. The molecule has 2 amide bonds. The fraction of sp³-hybridized carbons (Fsp3) is 0.421. The molecule has 0 radical (unpaired) electrons. The van der Waals surface area contributed by atoms with Gasteiger partial charge in [-0.3, -0.25) is 9.59 Å². The average molecular weight is 392 g/mol. The lowest BCUT2D eigenvalue weighted by Crippen LogP contribution is -2.44. The number of rotatable bonds is 9. The summed E-state index contributed by atoms with van der Waals surface area (Å²) in [5, 5.41) is 2.88. The third kappa shape index (κ3) is 5.28. The molecule has 1 saturated heterocycles. The average Bonchev–Trinajstić information content (AvgIpc) is 3.30. The van der Waals surface area contributed by atoms with Crippen LogP contribution in [0.2, 0.25) is 0 Å². The van der Waals surface area contributed by atoms with E-state index in [0.29, 0.717) is 19.4 Å². The Balaban J connectivity index is 1.51. The quantitative estimate of drug-likeness (QED) is 0.664. The highest BCUT2D eigenvalue weighted by molar-refractivity contribution is 5.90. The first kappa shape index (κ1) is 19.8. The van der Waals surface area contributed by atoms with Crippen molar-refractivity contribution in [2.45, 2.75) is 45.0 Å². The lowest BCUT2D eigenvalue weighted by molar-refractivity contribution is -0.135. The van der Waals surface area contributed by atoms with Crippen molar-refractivity contribution in [1.29, 1.82) is 0 Å². The van der Waals surface area contributed by atoms with Gasteiger partial charge in [-0.15, -0.1) is 0 Å². The van der Waals surface area contributed by atoms with Gasteiger partial charge in [0.05, 0.1) is 6.33 Å². The molecule has 1 N–H and O–H groups in total. The van der Waals surface area contributed by atoms with Crippen molar-refractivity contribution in [3.05, 3.63) is 48.5 Å². The van der Waals surface area contributed by atoms with Crippen LogP contribution in [-0.2, 0) is 22.7 Å². The number of amides is 2. The van der Waals surface area contributed by atoms with Crippen LogP contribution in [0.25, 0.3) is 0 Å². The molecule has 150 valence electrons. The van der Waals surface area contributed by atoms with Gasteiger partial charge in [-0.1, -0.05) is 12.1 Å². The molecular formula is C19H22F2N4O3. The maximum Gasteiger partial charge on any atom is 0.387 e. The van der Waals surface area contributed by atoms with Crippen LogP contribution < -0.4 is 10.1 Å². The molecule has 1 aromatic heterocycles. The Hall–Kier alpha value is -2.97. The normalized spacial score (nSPS) is 16.6. The summed E-state index contributed by atoms with van der Waals surface area (Å²) < 4.78 is 30.7. The fourth-order valence-electron chi connectivity index (χ4n) is 3.19. The topological polar surface area (TPSA) is 76.5 Å². The summed E-state index contributed by atoms with van der Waals surface area (Å²) in [5.74, 6) is -0.209. The van der Waals surface area contributed by atoms with Gasteiger partial charge in [0.25, 0.3) is 0 Å². The number of aryl methyl sites for hydroxylation is 1. The number of ether oxygens (including phenoxy) is 1. The molecule has 0 saturated carbocycles. The molecule has 1 aliphatic heterocycles. The number of aromatic nitrogens is 2. The Morgan fingerprint density at radius 1 is 1.32 bits per heavy atom. The summed E-state index contributed by atoms with van der Waals surface area (Å²) >= 11 is 0. The van der Waals surface area contributed by atoms with Gasteiger partial charge >= 0.3 is 6.61 Å². The molecule has 0 bridgehead atoms. The van der Waals surface area contributed by atoms with Gasteiger partial charge in [-0.2, -0.15) is 8.78 Å². The van der Waals surface area contributed by atoms with E-state index in [0.717, 1.165) is 18.5 Å². The molecule has 1 aliphatic rings. The standard InChI is InChI=1S/C19H22F2N4O3/c20-19(21)28-15-4-2-14(3-5-15)12-25-16(6-7-17(25)26)18(27)23-8-1-10-24-11-9-22-13-24/h2-5,9,11,13,16,19H,1,6-8,10,12H2,(H,23,27). The molecule has 0 spiro atoms. The van der Waals surface area contributed by atoms with E-state index in [4.69, 9.17) is 0 Å². The zero-order valence-corrected chi connectivity index (χ0v) is 15.3. The molecular weight excluding hydrogens is 370 g/mol. The summed E-state index contributed by atoms with van der Waals surface area (Å²) in [6, 6.07) is 5.56. The first-order valence-corrected chi connectivity index (χ1v) is 9.09. The summed E-state index contributed by atoms with van der Waals surface area (Å²) in [6.07, 6.45) is 6.83. The van der Waals surface area contributed by atoms with Gasteiger partial charge in [0.2, 0.25) is 11.8 Å². The lowest BCUT2D eigenvalue weighted by atomic mass is 10.1. The van der Waals surface area contributed by atoms with Gasteiger partial charge in [0.15, 0.2) is 0 Å². The molecule has 0 aliphatic carbocycles. The largest absolute Gasteiger partial charge is 0.435 e. The highest BCUT2D eigenvalue weighted by atomic mass is 19.3. The third-order valence-electron chi connectivity index (χ3n) is 4.58. The fourth-order valence-corrected chi connectivity index (χ4v) is 3.19. The maximum absolute atomic E-state index is 12.5. The second kappa shape index (κ2) is 9.29. The van der Waals surface area contributed by atoms with E-state index in [1.165, 1.54) is 17.0 Å². The number of carbonyl (C=O) groups is 2. The van der Waals surface area contributed by atoms with Crippen LogP contribution in [-0.4, -0.2) is 45.5 Å². The Kier molecular flexibility index (Phi) is 6.57. The Bertz CT molecular complexity index is 781. The second-order valence-corrected chi connectivity index (χ2v) is 6.54. The first-order valence-electron chi connectivity index (χ1n) is 9.09. The molecule has 7 nitrogen and oxygen atoms in total. The zero-order chi connectivity index (χ0) is 19.9. The molecule has 2 aromatic rings. The number of imidazole rings is 1. The van der Waals surface area contributed by atoms with E-state index in [2.05, 4.69) is 15.0 Å². The van der Waals surface area contributed by atoms with Crippen LogP contribution in [0.1, 0.15) is 24.8 Å². The number of hydrogen-bond acceptors (Lipinski definition) is 4.